The maximum atomic E-state index is 8.90. The second-order valence-electron chi connectivity index (χ2n) is 1.69. The van der Waals surface area contributed by atoms with Gasteiger partial charge >= 0.3 is 0 Å². The highest BCUT2D eigenvalue weighted by atomic mass is 35.5. The van der Waals surface area contributed by atoms with Crippen LogP contribution in [0.4, 0.5) is 0 Å². The molecule has 0 aromatic carbocycles. The third-order valence-electron chi connectivity index (χ3n) is 0.882. The Hall–Kier alpha value is 0.210. The van der Waals surface area contributed by atoms with Crippen LogP contribution in [-0.2, 0) is 0 Å². The Labute approximate surface area is 54.8 Å². The van der Waals surface area contributed by atoms with E-state index in [1.165, 1.54) is 0 Å². The largest absolute Gasteiger partial charge is 0.392 e. The fourth-order valence-corrected chi connectivity index (χ4v) is 0.716. The maximum Gasteiger partial charge on any atom is 0.0675 e. The van der Waals surface area contributed by atoms with Gasteiger partial charge in [0.2, 0.25) is 0 Å². The van der Waals surface area contributed by atoms with Crippen LogP contribution < -0.4 is 5.32 Å². The predicted molar refractivity (Wildman–Crippen MR) is 35.3 cm³/mol. The number of aliphatic hydroxyl groups excluding tert-OH is 1. The van der Waals surface area contributed by atoms with E-state index < -0.39 is 0 Å². The van der Waals surface area contributed by atoms with Gasteiger partial charge in [0.05, 0.1) is 6.10 Å². The Morgan fingerprint density at radius 3 is 2.75 bits per heavy atom. The van der Waals surface area contributed by atoms with Crippen molar-refractivity contribution in [2.45, 2.75) is 12.5 Å². The molecule has 0 saturated carbocycles. The van der Waals surface area contributed by atoms with Crippen molar-refractivity contribution in [3.8, 4) is 0 Å². The SMILES string of the molecule is CNCC(O)CCCl. The summed E-state index contributed by atoms with van der Waals surface area (Å²) in [4.78, 5) is 0. The molecule has 0 fully saturated rings. The van der Waals surface area contributed by atoms with Crippen LogP contribution in [0.3, 0.4) is 0 Å². The number of hydrogen-bond donors (Lipinski definition) is 2. The molecule has 0 rings (SSSR count). The lowest BCUT2D eigenvalue weighted by Gasteiger charge is -2.05. The van der Waals surface area contributed by atoms with Crippen molar-refractivity contribution in [2.24, 2.45) is 0 Å². The van der Waals surface area contributed by atoms with Gasteiger partial charge in [0.25, 0.3) is 0 Å². The van der Waals surface area contributed by atoms with E-state index in [0.717, 1.165) is 0 Å². The van der Waals surface area contributed by atoms with Crippen LogP contribution in [0, 0.1) is 0 Å². The molecule has 0 spiro atoms. The molecule has 0 saturated heterocycles. The van der Waals surface area contributed by atoms with Crippen LogP contribution in [0.2, 0.25) is 0 Å². The first kappa shape index (κ1) is 8.21. The van der Waals surface area contributed by atoms with Crippen molar-refractivity contribution in [3.05, 3.63) is 0 Å². The lowest BCUT2D eigenvalue weighted by Crippen LogP contribution is -2.23. The highest BCUT2D eigenvalue weighted by Crippen LogP contribution is 1.90. The number of hydrogen-bond acceptors (Lipinski definition) is 2. The summed E-state index contributed by atoms with van der Waals surface area (Å²) in [6, 6.07) is 0. The Bertz CT molecular complexity index is 45.7. The lowest BCUT2D eigenvalue weighted by molar-refractivity contribution is 0.171. The van der Waals surface area contributed by atoms with Crippen LogP contribution in [0.25, 0.3) is 0 Å². The summed E-state index contributed by atoms with van der Waals surface area (Å²) < 4.78 is 0. The normalized spacial score (nSPS) is 13.9. The smallest absolute Gasteiger partial charge is 0.0675 e. The molecule has 0 amide bonds. The molecule has 2 N–H and O–H groups in total. The molecule has 0 bridgehead atoms. The summed E-state index contributed by atoms with van der Waals surface area (Å²) in [5, 5.41) is 11.7. The van der Waals surface area contributed by atoms with E-state index in [9.17, 15) is 0 Å². The van der Waals surface area contributed by atoms with Gasteiger partial charge in [-0.1, -0.05) is 0 Å². The van der Waals surface area contributed by atoms with E-state index in [1.807, 2.05) is 0 Å². The number of rotatable bonds is 4. The third kappa shape index (κ3) is 4.37. The van der Waals surface area contributed by atoms with Crippen molar-refractivity contribution in [2.75, 3.05) is 19.5 Å². The first-order valence-electron chi connectivity index (χ1n) is 2.70. The Balaban J connectivity index is 2.92. The maximum absolute atomic E-state index is 8.90. The number of aliphatic hydroxyl groups is 1. The zero-order valence-electron chi connectivity index (χ0n) is 5.02. The summed E-state index contributed by atoms with van der Waals surface area (Å²) >= 11 is 5.34. The Morgan fingerprint density at radius 2 is 2.38 bits per heavy atom. The van der Waals surface area contributed by atoms with Crippen molar-refractivity contribution >= 4 is 11.6 Å². The van der Waals surface area contributed by atoms with Crippen LogP contribution in [0.15, 0.2) is 0 Å². The summed E-state index contributed by atoms with van der Waals surface area (Å²) in [6.07, 6.45) is 0.389. The number of halogens is 1. The lowest BCUT2D eigenvalue weighted by atomic mass is 10.3. The van der Waals surface area contributed by atoms with Gasteiger partial charge in [-0.15, -0.1) is 11.6 Å². The van der Waals surface area contributed by atoms with Crippen LogP contribution in [0.5, 0.6) is 0 Å². The molecule has 8 heavy (non-hydrogen) atoms. The van der Waals surface area contributed by atoms with Gasteiger partial charge in [-0.2, -0.15) is 0 Å². The summed E-state index contributed by atoms with van der Waals surface area (Å²) in [5.74, 6) is 0.531. The zero-order chi connectivity index (χ0) is 6.41. The predicted octanol–water partition coefficient (Wildman–Crippen LogP) is 0.196. The average molecular weight is 138 g/mol. The quantitative estimate of drug-likeness (QED) is 0.543. The molecule has 0 aliphatic heterocycles. The minimum Gasteiger partial charge on any atom is -0.392 e. The standard InChI is InChI=1S/C5H12ClNO/c1-7-4-5(8)2-3-6/h5,7-8H,2-4H2,1H3. The monoisotopic (exact) mass is 137 g/mol. The van der Waals surface area contributed by atoms with Crippen molar-refractivity contribution < 1.29 is 5.11 Å². The molecule has 0 aliphatic rings. The highest BCUT2D eigenvalue weighted by Gasteiger charge is 1.98. The zero-order valence-corrected chi connectivity index (χ0v) is 5.78. The second-order valence-corrected chi connectivity index (χ2v) is 2.07. The van der Waals surface area contributed by atoms with E-state index in [1.54, 1.807) is 7.05 Å². The van der Waals surface area contributed by atoms with E-state index in [2.05, 4.69) is 5.32 Å². The molecule has 0 aromatic heterocycles. The molecule has 0 aromatic rings. The van der Waals surface area contributed by atoms with E-state index in [-0.39, 0.29) is 6.10 Å². The first-order valence-corrected chi connectivity index (χ1v) is 3.23. The minimum atomic E-state index is -0.280. The van der Waals surface area contributed by atoms with Gasteiger partial charge in [0, 0.05) is 12.4 Å². The van der Waals surface area contributed by atoms with Crippen molar-refractivity contribution in [1.29, 1.82) is 0 Å². The molecule has 2 nitrogen and oxygen atoms in total. The molecular formula is C5H12ClNO. The highest BCUT2D eigenvalue weighted by molar-refractivity contribution is 6.17. The summed E-state index contributed by atoms with van der Waals surface area (Å²) in [6.45, 7) is 0.632. The molecule has 50 valence electrons. The Morgan fingerprint density at radius 1 is 1.75 bits per heavy atom. The van der Waals surface area contributed by atoms with Crippen LogP contribution in [0.1, 0.15) is 6.42 Å². The van der Waals surface area contributed by atoms with Crippen LogP contribution in [-0.4, -0.2) is 30.7 Å². The van der Waals surface area contributed by atoms with Gasteiger partial charge < -0.3 is 10.4 Å². The summed E-state index contributed by atoms with van der Waals surface area (Å²) in [7, 11) is 1.80. The fourth-order valence-electron chi connectivity index (χ4n) is 0.464. The number of alkyl halides is 1. The topological polar surface area (TPSA) is 32.3 Å². The van der Waals surface area contributed by atoms with E-state index in [4.69, 9.17) is 16.7 Å². The molecule has 0 aliphatic carbocycles. The third-order valence-corrected chi connectivity index (χ3v) is 1.10. The second kappa shape index (κ2) is 5.35. The first-order chi connectivity index (χ1) is 3.81. The molecule has 1 unspecified atom stereocenters. The van der Waals surface area contributed by atoms with Gasteiger partial charge in [-0.05, 0) is 13.5 Å². The minimum absolute atomic E-state index is 0.280. The molecule has 0 radical (unpaired) electrons. The summed E-state index contributed by atoms with van der Waals surface area (Å²) in [5.41, 5.74) is 0. The van der Waals surface area contributed by atoms with E-state index in [0.29, 0.717) is 18.8 Å². The van der Waals surface area contributed by atoms with Gasteiger partial charge in [-0.3, -0.25) is 0 Å². The average Bonchev–Trinajstić information content (AvgIpc) is 1.68. The van der Waals surface area contributed by atoms with Gasteiger partial charge in [0.1, 0.15) is 0 Å². The van der Waals surface area contributed by atoms with Gasteiger partial charge in [-0.25, -0.2) is 0 Å². The van der Waals surface area contributed by atoms with Crippen molar-refractivity contribution in [1.82, 2.24) is 5.32 Å². The van der Waals surface area contributed by atoms with Crippen molar-refractivity contribution in [3.63, 3.8) is 0 Å². The number of nitrogens with one attached hydrogen (secondary N) is 1. The van der Waals surface area contributed by atoms with Crippen LogP contribution >= 0.6 is 11.6 Å². The number of likely N-dealkylation sites (N-methyl/N-ethyl adjacent to an activating group) is 1. The molecular weight excluding hydrogens is 126 g/mol. The fraction of sp³-hybridized carbons (Fsp3) is 1.00. The van der Waals surface area contributed by atoms with E-state index >= 15 is 0 Å². The molecule has 3 heteroatoms. The van der Waals surface area contributed by atoms with Gasteiger partial charge in [0.15, 0.2) is 0 Å². The Kier molecular flexibility index (Phi) is 5.49. The molecule has 0 heterocycles. The molecule has 1 atom stereocenters.